The van der Waals surface area contributed by atoms with Gasteiger partial charge >= 0.3 is 0 Å². The van der Waals surface area contributed by atoms with Crippen molar-refractivity contribution in [1.29, 1.82) is 0 Å². The summed E-state index contributed by atoms with van der Waals surface area (Å²) in [5.41, 5.74) is 7.43. The summed E-state index contributed by atoms with van der Waals surface area (Å²) in [7, 11) is 0. The fourth-order valence-electron chi connectivity index (χ4n) is 1.32. The van der Waals surface area contributed by atoms with Crippen molar-refractivity contribution in [3.63, 3.8) is 0 Å². The van der Waals surface area contributed by atoms with Crippen LogP contribution < -0.4 is 11.1 Å². The molecule has 2 nitrogen and oxygen atoms in total. The molecule has 0 saturated heterocycles. The van der Waals surface area contributed by atoms with E-state index >= 15 is 0 Å². The Morgan fingerprint density at radius 3 is 2.12 bits per heavy atom. The van der Waals surface area contributed by atoms with Gasteiger partial charge in [-0.05, 0) is 23.1 Å². The molecule has 0 fully saturated rings. The average Bonchev–Trinajstić information content (AvgIpc) is 2.12. The highest BCUT2D eigenvalue weighted by molar-refractivity contribution is 6.38. The molecule has 0 aliphatic rings. The van der Waals surface area contributed by atoms with Crippen molar-refractivity contribution in [2.45, 2.75) is 27.3 Å². The molecule has 0 heterocycles. The maximum atomic E-state index is 5.95. The molecule has 90 valence electrons. The van der Waals surface area contributed by atoms with E-state index in [1.165, 1.54) is 0 Å². The van der Waals surface area contributed by atoms with Gasteiger partial charge in [0.2, 0.25) is 0 Å². The smallest absolute Gasteiger partial charge is 0.0693 e. The van der Waals surface area contributed by atoms with Crippen LogP contribution in [0.1, 0.15) is 26.3 Å². The van der Waals surface area contributed by atoms with Crippen LogP contribution in [-0.2, 0) is 6.54 Å². The number of hydrogen-bond donors (Lipinski definition) is 2. The summed E-state index contributed by atoms with van der Waals surface area (Å²) in [6.07, 6.45) is 0. The van der Waals surface area contributed by atoms with Crippen LogP contribution in [0.3, 0.4) is 0 Å². The first-order chi connectivity index (χ1) is 7.29. The normalized spacial score (nSPS) is 11.8. The summed E-state index contributed by atoms with van der Waals surface area (Å²) in [6, 6.07) is 3.69. The van der Waals surface area contributed by atoms with Gasteiger partial charge in [-0.3, -0.25) is 0 Å². The SMILES string of the molecule is CC(C)(C)CNCc1cc(Cl)c(N)c(Cl)c1. The van der Waals surface area contributed by atoms with Gasteiger partial charge in [0.15, 0.2) is 0 Å². The lowest BCUT2D eigenvalue weighted by Crippen LogP contribution is -2.26. The Labute approximate surface area is 107 Å². The van der Waals surface area contributed by atoms with Crippen molar-refractivity contribution in [3.05, 3.63) is 27.7 Å². The second kappa shape index (κ2) is 5.26. The number of benzene rings is 1. The minimum atomic E-state index is 0.265. The molecule has 1 aromatic rings. The first kappa shape index (κ1) is 13.6. The summed E-state index contributed by atoms with van der Waals surface area (Å²) in [6.45, 7) is 8.23. The third kappa shape index (κ3) is 4.20. The van der Waals surface area contributed by atoms with Gasteiger partial charge in [0, 0.05) is 13.1 Å². The Balaban J connectivity index is 2.62. The van der Waals surface area contributed by atoms with E-state index in [1.807, 2.05) is 12.1 Å². The summed E-state index contributed by atoms with van der Waals surface area (Å²) in [4.78, 5) is 0. The predicted octanol–water partition coefficient (Wildman–Crippen LogP) is 3.71. The van der Waals surface area contributed by atoms with Crippen LogP contribution in [-0.4, -0.2) is 6.54 Å². The van der Waals surface area contributed by atoms with Crippen LogP contribution in [0.15, 0.2) is 12.1 Å². The number of nitrogens with one attached hydrogen (secondary N) is 1. The van der Waals surface area contributed by atoms with Gasteiger partial charge in [0.1, 0.15) is 0 Å². The molecule has 0 aromatic heterocycles. The highest BCUT2D eigenvalue weighted by Gasteiger charge is 2.09. The summed E-state index contributed by atoms with van der Waals surface area (Å²) in [5.74, 6) is 0. The van der Waals surface area contributed by atoms with Crippen molar-refractivity contribution in [3.8, 4) is 0 Å². The number of anilines is 1. The van der Waals surface area contributed by atoms with Gasteiger partial charge in [-0.15, -0.1) is 0 Å². The number of nitrogen functional groups attached to an aromatic ring is 1. The van der Waals surface area contributed by atoms with Crippen LogP contribution in [0.4, 0.5) is 5.69 Å². The molecule has 0 unspecified atom stereocenters. The van der Waals surface area contributed by atoms with Gasteiger partial charge in [-0.25, -0.2) is 0 Å². The summed E-state index contributed by atoms with van der Waals surface area (Å²) < 4.78 is 0. The number of rotatable bonds is 3. The number of hydrogen-bond acceptors (Lipinski definition) is 2. The molecule has 3 N–H and O–H groups in total. The van der Waals surface area contributed by atoms with Gasteiger partial charge in [0.25, 0.3) is 0 Å². The molecule has 0 spiro atoms. The van der Waals surface area contributed by atoms with Crippen LogP contribution in [0.5, 0.6) is 0 Å². The lowest BCUT2D eigenvalue weighted by atomic mass is 9.97. The molecule has 0 amide bonds. The van der Waals surface area contributed by atoms with E-state index < -0.39 is 0 Å². The minimum absolute atomic E-state index is 0.265. The van der Waals surface area contributed by atoms with E-state index in [-0.39, 0.29) is 5.41 Å². The maximum absolute atomic E-state index is 5.95. The fourth-order valence-corrected chi connectivity index (χ4v) is 1.85. The third-order valence-corrected chi connectivity index (χ3v) is 2.75. The molecule has 0 bridgehead atoms. The Morgan fingerprint density at radius 1 is 1.19 bits per heavy atom. The van der Waals surface area contributed by atoms with Crippen molar-refractivity contribution >= 4 is 28.9 Å². The van der Waals surface area contributed by atoms with E-state index in [0.29, 0.717) is 15.7 Å². The van der Waals surface area contributed by atoms with Crippen molar-refractivity contribution in [2.24, 2.45) is 5.41 Å². The first-order valence-corrected chi connectivity index (χ1v) is 5.99. The fraction of sp³-hybridized carbons (Fsp3) is 0.500. The Morgan fingerprint density at radius 2 is 1.69 bits per heavy atom. The second-order valence-corrected chi connectivity index (χ2v) is 5.95. The van der Waals surface area contributed by atoms with Gasteiger partial charge in [-0.2, -0.15) is 0 Å². The minimum Gasteiger partial charge on any atom is -0.396 e. The zero-order chi connectivity index (χ0) is 12.3. The maximum Gasteiger partial charge on any atom is 0.0693 e. The van der Waals surface area contributed by atoms with Crippen molar-refractivity contribution < 1.29 is 0 Å². The topological polar surface area (TPSA) is 38.0 Å². The van der Waals surface area contributed by atoms with Gasteiger partial charge < -0.3 is 11.1 Å². The largest absolute Gasteiger partial charge is 0.396 e. The van der Waals surface area contributed by atoms with E-state index in [1.54, 1.807) is 0 Å². The van der Waals surface area contributed by atoms with Gasteiger partial charge in [0.05, 0.1) is 15.7 Å². The molecule has 0 atom stereocenters. The lowest BCUT2D eigenvalue weighted by molar-refractivity contribution is 0.379. The van der Waals surface area contributed by atoms with Crippen LogP contribution in [0.2, 0.25) is 10.0 Å². The average molecular weight is 261 g/mol. The zero-order valence-corrected chi connectivity index (χ0v) is 11.4. The van der Waals surface area contributed by atoms with Crippen molar-refractivity contribution in [2.75, 3.05) is 12.3 Å². The van der Waals surface area contributed by atoms with Gasteiger partial charge in [-0.1, -0.05) is 44.0 Å². The van der Waals surface area contributed by atoms with E-state index in [2.05, 4.69) is 26.1 Å². The van der Waals surface area contributed by atoms with Crippen LogP contribution in [0, 0.1) is 5.41 Å². The summed E-state index contributed by atoms with van der Waals surface area (Å²) in [5, 5.41) is 4.39. The predicted molar refractivity (Wildman–Crippen MR) is 72.0 cm³/mol. The standard InChI is InChI=1S/C12H18Cl2N2/c1-12(2,3)7-16-6-8-4-9(13)11(15)10(14)5-8/h4-5,16H,6-7,15H2,1-3H3. The molecule has 0 aliphatic heterocycles. The van der Waals surface area contributed by atoms with E-state index in [4.69, 9.17) is 28.9 Å². The zero-order valence-electron chi connectivity index (χ0n) is 9.90. The second-order valence-electron chi connectivity index (χ2n) is 5.14. The van der Waals surface area contributed by atoms with E-state index in [0.717, 1.165) is 18.7 Å². The molecule has 16 heavy (non-hydrogen) atoms. The highest BCUT2D eigenvalue weighted by Crippen LogP contribution is 2.28. The quantitative estimate of drug-likeness (QED) is 0.814. The van der Waals surface area contributed by atoms with Crippen molar-refractivity contribution in [1.82, 2.24) is 5.32 Å². The Kier molecular flexibility index (Phi) is 4.48. The molecule has 1 rings (SSSR count). The number of halogens is 2. The molecular weight excluding hydrogens is 243 g/mol. The third-order valence-electron chi connectivity index (χ3n) is 2.12. The molecule has 0 saturated carbocycles. The number of nitrogens with two attached hydrogens (primary N) is 1. The first-order valence-electron chi connectivity index (χ1n) is 5.24. The lowest BCUT2D eigenvalue weighted by Gasteiger charge is -2.19. The van der Waals surface area contributed by atoms with Crippen LogP contribution >= 0.6 is 23.2 Å². The highest BCUT2D eigenvalue weighted by atomic mass is 35.5. The Hall–Kier alpha value is -0.440. The monoisotopic (exact) mass is 260 g/mol. The summed E-state index contributed by atoms with van der Waals surface area (Å²) >= 11 is 11.9. The molecule has 0 aliphatic carbocycles. The molecule has 4 heteroatoms. The molecule has 0 radical (unpaired) electrons. The van der Waals surface area contributed by atoms with Crippen LogP contribution in [0.25, 0.3) is 0 Å². The Bertz CT molecular complexity index is 347. The molecule has 1 aromatic carbocycles. The van der Waals surface area contributed by atoms with E-state index in [9.17, 15) is 0 Å². The molecular formula is C12H18Cl2N2.